The van der Waals surface area contributed by atoms with Crippen LogP contribution in [0.3, 0.4) is 0 Å². The fraction of sp³-hybridized carbons (Fsp3) is 0.609. The van der Waals surface area contributed by atoms with E-state index in [0.29, 0.717) is 24.6 Å². The van der Waals surface area contributed by atoms with E-state index in [4.69, 9.17) is 4.74 Å². The topological polar surface area (TPSA) is 83.0 Å². The molecule has 2 N–H and O–H groups in total. The molecular formula is C23H35IN4O3. The van der Waals surface area contributed by atoms with Crippen LogP contribution in [-0.4, -0.2) is 55.0 Å². The highest BCUT2D eigenvalue weighted by Crippen LogP contribution is 2.27. The second-order valence-corrected chi connectivity index (χ2v) is 8.01. The molecule has 2 fully saturated rings. The van der Waals surface area contributed by atoms with Crippen LogP contribution in [0.15, 0.2) is 29.3 Å². The van der Waals surface area contributed by atoms with E-state index >= 15 is 0 Å². The van der Waals surface area contributed by atoms with E-state index in [1.165, 1.54) is 12.8 Å². The fourth-order valence-electron chi connectivity index (χ4n) is 4.15. The van der Waals surface area contributed by atoms with Crippen molar-refractivity contribution in [3.63, 3.8) is 0 Å². The number of amides is 1. The highest BCUT2D eigenvalue weighted by molar-refractivity contribution is 14.0. The summed E-state index contributed by atoms with van der Waals surface area (Å²) in [7, 11) is 0. The average Bonchev–Trinajstić information content (AvgIpc) is 3.45. The number of hydrogen-bond acceptors (Lipinski definition) is 4. The van der Waals surface area contributed by atoms with Crippen LogP contribution in [-0.2, 0) is 16.1 Å². The van der Waals surface area contributed by atoms with Crippen molar-refractivity contribution in [2.75, 3.05) is 26.2 Å². The Kier molecular flexibility index (Phi) is 10.6. The van der Waals surface area contributed by atoms with Gasteiger partial charge in [-0.3, -0.25) is 4.79 Å². The molecule has 1 unspecified atom stereocenters. The molecule has 172 valence electrons. The molecule has 1 saturated heterocycles. The molecule has 7 nitrogen and oxygen atoms in total. The van der Waals surface area contributed by atoms with Crippen LogP contribution in [0.4, 0.5) is 0 Å². The molecule has 1 amide bonds. The van der Waals surface area contributed by atoms with Gasteiger partial charge < -0.3 is 20.3 Å². The molecule has 31 heavy (non-hydrogen) atoms. The van der Waals surface area contributed by atoms with Gasteiger partial charge in [0.25, 0.3) is 0 Å². The lowest BCUT2D eigenvalue weighted by molar-refractivity contribution is -0.134. The first kappa shape index (κ1) is 25.4. The third kappa shape index (κ3) is 7.36. The number of guanidine groups is 1. The van der Waals surface area contributed by atoms with Crippen LogP contribution in [0.5, 0.6) is 0 Å². The Hall–Kier alpha value is -1.84. The van der Waals surface area contributed by atoms with Gasteiger partial charge in [-0.15, -0.1) is 24.0 Å². The number of nitrogens with zero attached hydrogens (tertiary/aromatic N) is 2. The Morgan fingerprint density at radius 1 is 1.13 bits per heavy atom. The molecule has 1 heterocycles. The van der Waals surface area contributed by atoms with Crippen LogP contribution in [0, 0.1) is 5.92 Å². The molecule has 0 radical (unpaired) electrons. The molecular weight excluding hydrogens is 507 g/mol. The predicted molar refractivity (Wildman–Crippen MR) is 133 cm³/mol. The van der Waals surface area contributed by atoms with E-state index in [9.17, 15) is 9.59 Å². The summed E-state index contributed by atoms with van der Waals surface area (Å²) in [4.78, 5) is 31.1. The Bertz CT molecular complexity index is 748. The molecule has 3 rings (SSSR count). The number of benzene rings is 1. The predicted octanol–water partition coefficient (Wildman–Crippen LogP) is 3.33. The first-order chi connectivity index (χ1) is 14.6. The maximum Gasteiger partial charge on any atom is 0.338 e. The van der Waals surface area contributed by atoms with Gasteiger partial charge in [-0.1, -0.05) is 25.0 Å². The monoisotopic (exact) mass is 542 g/mol. The van der Waals surface area contributed by atoms with Gasteiger partial charge in [0.2, 0.25) is 5.91 Å². The Morgan fingerprint density at radius 3 is 2.48 bits per heavy atom. The Morgan fingerprint density at radius 2 is 1.84 bits per heavy atom. The fourth-order valence-corrected chi connectivity index (χ4v) is 4.15. The van der Waals surface area contributed by atoms with E-state index in [-0.39, 0.29) is 41.9 Å². The second-order valence-electron chi connectivity index (χ2n) is 8.01. The third-order valence-corrected chi connectivity index (χ3v) is 5.77. The number of hydrogen-bond donors (Lipinski definition) is 2. The van der Waals surface area contributed by atoms with Crippen molar-refractivity contribution in [3.05, 3.63) is 35.4 Å². The van der Waals surface area contributed by atoms with E-state index in [2.05, 4.69) is 15.6 Å². The maximum absolute atomic E-state index is 12.7. The van der Waals surface area contributed by atoms with Gasteiger partial charge in [0.15, 0.2) is 5.96 Å². The number of nitrogens with one attached hydrogen (secondary N) is 2. The number of rotatable bonds is 7. The van der Waals surface area contributed by atoms with Crippen molar-refractivity contribution in [1.82, 2.24) is 15.5 Å². The number of aliphatic imine (C=N–C) groups is 1. The lowest BCUT2D eigenvalue weighted by atomic mass is 10.1. The summed E-state index contributed by atoms with van der Waals surface area (Å²) in [5.41, 5.74) is 1.57. The first-order valence-electron chi connectivity index (χ1n) is 11.2. The summed E-state index contributed by atoms with van der Waals surface area (Å²) < 4.78 is 5.02. The quantitative estimate of drug-likeness (QED) is 0.239. The van der Waals surface area contributed by atoms with E-state index < -0.39 is 0 Å². The maximum atomic E-state index is 12.7. The summed E-state index contributed by atoms with van der Waals surface area (Å²) in [5.74, 6) is 1.02. The van der Waals surface area contributed by atoms with Crippen molar-refractivity contribution in [3.8, 4) is 0 Å². The second kappa shape index (κ2) is 12.9. The molecule has 1 aromatic carbocycles. The smallest absolute Gasteiger partial charge is 0.338 e. The summed E-state index contributed by atoms with van der Waals surface area (Å²) in [6, 6.07) is 7.56. The zero-order chi connectivity index (χ0) is 21.3. The minimum atomic E-state index is -0.305. The van der Waals surface area contributed by atoms with Crippen molar-refractivity contribution in [2.45, 2.75) is 58.5 Å². The normalized spacial score (nSPS) is 19.1. The number of esters is 1. The number of halogens is 1. The van der Waals surface area contributed by atoms with Crippen molar-refractivity contribution >= 4 is 41.8 Å². The van der Waals surface area contributed by atoms with Gasteiger partial charge in [0.1, 0.15) is 0 Å². The SMILES string of the molecule is CCNC(=NCc1ccc(C(=O)OCC)cc1)NC1CCN(C(=O)C2CCCC2)C1.I. The minimum Gasteiger partial charge on any atom is -0.462 e. The number of carbonyl (C=O) groups is 2. The molecule has 8 heteroatoms. The van der Waals surface area contributed by atoms with Crippen LogP contribution in [0.2, 0.25) is 0 Å². The summed E-state index contributed by atoms with van der Waals surface area (Å²) >= 11 is 0. The first-order valence-corrected chi connectivity index (χ1v) is 11.2. The molecule has 1 atom stereocenters. The van der Waals surface area contributed by atoms with E-state index in [1.54, 1.807) is 19.1 Å². The highest BCUT2D eigenvalue weighted by Gasteiger charge is 2.32. The largest absolute Gasteiger partial charge is 0.462 e. The molecule has 1 aromatic rings. The molecule has 1 saturated carbocycles. The average molecular weight is 542 g/mol. The van der Waals surface area contributed by atoms with Gasteiger partial charge in [0.05, 0.1) is 18.7 Å². The van der Waals surface area contributed by atoms with Crippen molar-refractivity contribution < 1.29 is 14.3 Å². The number of carbonyl (C=O) groups excluding carboxylic acids is 2. The van der Waals surface area contributed by atoms with Crippen LogP contribution in [0.25, 0.3) is 0 Å². The zero-order valence-corrected chi connectivity index (χ0v) is 20.9. The zero-order valence-electron chi connectivity index (χ0n) is 18.6. The number of likely N-dealkylation sites (tertiary alicyclic amines) is 1. The van der Waals surface area contributed by atoms with Gasteiger partial charge in [-0.25, -0.2) is 9.79 Å². The van der Waals surface area contributed by atoms with Gasteiger partial charge in [-0.05, 0) is 50.8 Å². The van der Waals surface area contributed by atoms with Gasteiger partial charge >= 0.3 is 5.97 Å². The van der Waals surface area contributed by atoms with Crippen LogP contribution in [0.1, 0.15) is 61.9 Å². The highest BCUT2D eigenvalue weighted by atomic mass is 127. The van der Waals surface area contributed by atoms with Crippen LogP contribution < -0.4 is 10.6 Å². The van der Waals surface area contributed by atoms with Crippen molar-refractivity contribution in [2.24, 2.45) is 10.9 Å². The molecule has 1 aliphatic heterocycles. The third-order valence-electron chi connectivity index (χ3n) is 5.77. The summed E-state index contributed by atoms with van der Waals surface area (Å²) in [5, 5.41) is 6.77. The van der Waals surface area contributed by atoms with E-state index in [1.807, 2.05) is 24.0 Å². The van der Waals surface area contributed by atoms with Gasteiger partial charge in [-0.2, -0.15) is 0 Å². The van der Waals surface area contributed by atoms with Crippen LogP contribution >= 0.6 is 24.0 Å². The minimum absolute atomic E-state index is 0. The molecule has 0 bridgehead atoms. The Labute approximate surface area is 202 Å². The molecule has 1 aliphatic carbocycles. The Balaban J connectivity index is 0.00000341. The number of ether oxygens (including phenoxy) is 1. The lowest BCUT2D eigenvalue weighted by Gasteiger charge is -2.21. The van der Waals surface area contributed by atoms with Crippen molar-refractivity contribution in [1.29, 1.82) is 0 Å². The lowest BCUT2D eigenvalue weighted by Crippen LogP contribution is -2.45. The molecule has 2 aliphatic rings. The molecule has 0 aromatic heterocycles. The molecule has 0 spiro atoms. The standard InChI is InChI=1S/C23H34N4O3.HI/c1-3-24-23(25-15-17-9-11-19(12-10-17)22(29)30-4-2)26-20-13-14-27(16-20)21(28)18-7-5-6-8-18;/h9-12,18,20H,3-8,13-16H2,1-2H3,(H2,24,25,26);1H. The summed E-state index contributed by atoms with van der Waals surface area (Å²) in [6.07, 6.45) is 5.41. The van der Waals surface area contributed by atoms with E-state index in [0.717, 1.165) is 50.4 Å². The van der Waals surface area contributed by atoms with Gasteiger partial charge in [0, 0.05) is 31.6 Å². The summed E-state index contributed by atoms with van der Waals surface area (Å²) in [6.45, 7) is 7.05.